The summed E-state index contributed by atoms with van der Waals surface area (Å²) in [6.07, 6.45) is 2.49. The van der Waals surface area contributed by atoms with Crippen molar-refractivity contribution < 1.29 is 4.42 Å². The number of hydrogen-bond acceptors (Lipinski definition) is 6. The molecule has 0 saturated carbocycles. The van der Waals surface area contributed by atoms with Gasteiger partial charge in [-0.05, 0) is 37.9 Å². The van der Waals surface area contributed by atoms with Crippen LogP contribution in [0.2, 0.25) is 0 Å². The highest BCUT2D eigenvalue weighted by Gasteiger charge is 2.25. The Bertz CT molecular complexity index is 510. The highest BCUT2D eigenvalue weighted by atomic mass is 32.1. The maximum atomic E-state index is 5.74. The molecule has 2 aromatic rings. The standard InChI is InChI=1S/C13H18N4OS/c1-14-8-10-4-2-6-17(10)9-12-15-16-13(18-12)11-5-3-7-19-11/h3,5,7,10,14H,2,4,6,8-9H2,1H3. The van der Waals surface area contributed by atoms with Crippen molar-refractivity contribution >= 4 is 11.3 Å². The van der Waals surface area contributed by atoms with Gasteiger partial charge in [-0.3, -0.25) is 4.90 Å². The molecule has 5 nitrogen and oxygen atoms in total. The molecule has 0 spiro atoms. The second-order valence-electron chi connectivity index (χ2n) is 4.80. The van der Waals surface area contributed by atoms with E-state index in [1.807, 2.05) is 24.6 Å². The van der Waals surface area contributed by atoms with Gasteiger partial charge in [-0.15, -0.1) is 21.5 Å². The first kappa shape index (κ1) is 12.8. The van der Waals surface area contributed by atoms with Crippen LogP contribution in [0, 0.1) is 0 Å². The van der Waals surface area contributed by atoms with Gasteiger partial charge in [0.25, 0.3) is 5.89 Å². The number of thiophene rings is 1. The summed E-state index contributed by atoms with van der Waals surface area (Å²) in [4.78, 5) is 3.45. The highest BCUT2D eigenvalue weighted by molar-refractivity contribution is 7.13. The number of likely N-dealkylation sites (tertiary alicyclic amines) is 1. The van der Waals surface area contributed by atoms with Crippen LogP contribution >= 0.6 is 11.3 Å². The van der Waals surface area contributed by atoms with E-state index in [1.165, 1.54) is 12.8 Å². The predicted molar refractivity (Wildman–Crippen MR) is 75.0 cm³/mol. The van der Waals surface area contributed by atoms with Crippen molar-refractivity contribution in [2.45, 2.75) is 25.4 Å². The summed E-state index contributed by atoms with van der Waals surface area (Å²) >= 11 is 1.62. The Kier molecular flexibility index (Phi) is 3.91. The van der Waals surface area contributed by atoms with Crippen LogP contribution in [0.25, 0.3) is 10.8 Å². The van der Waals surface area contributed by atoms with Crippen LogP contribution in [0.15, 0.2) is 21.9 Å². The van der Waals surface area contributed by atoms with Crippen molar-refractivity contribution in [1.82, 2.24) is 20.4 Å². The highest BCUT2D eigenvalue weighted by Crippen LogP contribution is 2.24. The maximum absolute atomic E-state index is 5.74. The third-order valence-corrected chi connectivity index (χ3v) is 4.33. The summed E-state index contributed by atoms with van der Waals surface area (Å²) in [7, 11) is 2.00. The average Bonchev–Trinajstić information content (AvgIpc) is 3.12. The number of aromatic nitrogens is 2. The van der Waals surface area contributed by atoms with Crippen molar-refractivity contribution in [3.05, 3.63) is 23.4 Å². The Morgan fingerprint density at radius 2 is 2.47 bits per heavy atom. The molecule has 102 valence electrons. The maximum Gasteiger partial charge on any atom is 0.257 e. The zero-order chi connectivity index (χ0) is 13.1. The lowest BCUT2D eigenvalue weighted by Gasteiger charge is -2.22. The van der Waals surface area contributed by atoms with E-state index in [2.05, 4.69) is 20.4 Å². The fraction of sp³-hybridized carbons (Fsp3) is 0.538. The Morgan fingerprint density at radius 3 is 3.26 bits per heavy atom. The zero-order valence-corrected chi connectivity index (χ0v) is 11.8. The van der Waals surface area contributed by atoms with Crippen molar-refractivity contribution in [2.24, 2.45) is 0 Å². The molecule has 19 heavy (non-hydrogen) atoms. The van der Waals surface area contributed by atoms with E-state index in [1.54, 1.807) is 11.3 Å². The summed E-state index contributed by atoms with van der Waals surface area (Å²) in [5, 5.41) is 13.5. The fourth-order valence-corrected chi connectivity index (χ4v) is 3.21. The van der Waals surface area contributed by atoms with E-state index in [4.69, 9.17) is 4.42 Å². The molecular formula is C13H18N4OS. The van der Waals surface area contributed by atoms with Crippen molar-refractivity contribution in [3.8, 4) is 10.8 Å². The lowest BCUT2D eigenvalue weighted by atomic mass is 10.2. The third kappa shape index (κ3) is 2.86. The molecule has 0 aromatic carbocycles. The summed E-state index contributed by atoms with van der Waals surface area (Å²) in [6, 6.07) is 4.58. The van der Waals surface area contributed by atoms with Crippen LogP contribution in [0.5, 0.6) is 0 Å². The molecule has 2 aromatic heterocycles. The summed E-state index contributed by atoms with van der Waals surface area (Å²) in [5.74, 6) is 1.35. The minimum absolute atomic E-state index is 0.585. The smallest absolute Gasteiger partial charge is 0.257 e. The van der Waals surface area contributed by atoms with Gasteiger partial charge in [-0.2, -0.15) is 0 Å². The van der Waals surface area contributed by atoms with Crippen molar-refractivity contribution in [1.29, 1.82) is 0 Å². The largest absolute Gasteiger partial charge is 0.419 e. The number of rotatable bonds is 5. The summed E-state index contributed by atoms with van der Waals surface area (Å²) in [6.45, 7) is 2.89. The summed E-state index contributed by atoms with van der Waals surface area (Å²) < 4.78 is 5.74. The molecule has 1 N–H and O–H groups in total. The van der Waals surface area contributed by atoms with Crippen LogP contribution in [0.4, 0.5) is 0 Å². The van der Waals surface area contributed by atoms with Gasteiger partial charge in [0.1, 0.15) is 0 Å². The molecule has 0 bridgehead atoms. The first-order valence-electron chi connectivity index (χ1n) is 6.61. The van der Waals surface area contributed by atoms with Gasteiger partial charge in [-0.1, -0.05) is 6.07 Å². The molecule has 1 unspecified atom stereocenters. The Labute approximate surface area is 116 Å². The van der Waals surface area contributed by atoms with Gasteiger partial charge in [0.15, 0.2) is 0 Å². The quantitative estimate of drug-likeness (QED) is 0.906. The van der Waals surface area contributed by atoms with Gasteiger partial charge < -0.3 is 9.73 Å². The molecule has 6 heteroatoms. The SMILES string of the molecule is CNCC1CCCN1Cc1nnc(-c2cccs2)o1. The van der Waals surface area contributed by atoms with E-state index >= 15 is 0 Å². The molecule has 1 fully saturated rings. The van der Waals surface area contributed by atoms with Crippen molar-refractivity contribution in [3.63, 3.8) is 0 Å². The van der Waals surface area contributed by atoms with E-state index in [-0.39, 0.29) is 0 Å². The molecule has 1 aliphatic heterocycles. The molecule has 1 saturated heterocycles. The van der Waals surface area contributed by atoms with Crippen LogP contribution in [0.3, 0.4) is 0 Å². The molecule has 0 amide bonds. The number of likely N-dealkylation sites (N-methyl/N-ethyl adjacent to an activating group) is 1. The topological polar surface area (TPSA) is 54.2 Å². The molecular weight excluding hydrogens is 260 g/mol. The van der Waals surface area contributed by atoms with E-state index in [9.17, 15) is 0 Å². The minimum Gasteiger partial charge on any atom is -0.419 e. The molecule has 0 radical (unpaired) electrons. The predicted octanol–water partition coefficient (Wildman–Crippen LogP) is 1.98. The van der Waals surface area contributed by atoms with Crippen LogP contribution in [0.1, 0.15) is 18.7 Å². The number of nitrogens with one attached hydrogen (secondary N) is 1. The van der Waals surface area contributed by atoms with Crippen LogP contribution < -0.4 is 5.32 Å². The van der Waals surface area contributed by atoms with E-state index in [0.29, 0.717) is 17.8 Å². The summed E-state index contributed by atoms with van der Waals surface area (Å²) in [5.41, 5.74) is 0. The normalized spacial score (nSPS) is 20.2. The third-order valence-electron chi connectivity index (χ3n) is 3.48. The van der Waals surface area contributed by atoms with Gasteiger partial charge >= 0.3 is 0 Å². The minimum atomic E-state index is 0.585. The van der Waals surface area contributed by atoms with Gasteiger partial charge in [0.2, 0.25) is 5.89 Å². The Balaban J connectivity index is 1.67. The Morgan fingerprint density at radius 1 is 1.53 bits per heavy atom. The molecule has 1 aliphatic rings. The fourth-order valence-electron chi connectivity index (χ4n) is 2.56. The second kappa shape index (κ2) is 5.81. The van der Waals surface area contributed by atoms with Gasteiger partial charge in [-0.25, -0.2) is 0 Å². The first-order valence-corrected chi connectivity index (χ1v) is 7.49. The average molecular weight is 278 g/mol. The zero-order valence-electron chi connectivity index (χ0n) is 11.0. The van der Waals surface area contributed by atoms with E-state index < -0.39 is 0 Å². The van der Waals surface area contributed by atoms with Crippen LogP contribution in [-0.4, -0.2) is 41.3 Å². The van der Waals surface area contributed by atoms with E-state index in [0.717, 1.165) is 24.5 Å². The van der Waals surface area contributed by atoms with Crippen LogP contribution in [-0.2, 0) is 6.54 Å². The monoisotopic (exact) mass is 278 g/mol. The Hall–Kier alpha value is -1.24. The molecule has 1 atom stereocenters. The molecule has 3 heterocycles. The van der Waals surface area contributed by atoms with Crippen molar-refractivity contribution in [2.75, 3.05) is 20.1 Å². The lowest BCUT2D eigenvalue weighted by molar-refractivity contribution is 0.220. The second-order valence-corrected chi connectivity index (χ2v) is 5.75. The number of hydrogen-bond donors (Lipinski definition) is 1. The lowest BCUT2D eigenvalue weighted by Crippen LogP contribution is -2.36. The molecule has 0 aliphatic carbocycles. The molecule has 3 rings (SSSR count). The first-order chi connectivity index (χ1) is 9.36. The van der Waals surface area contributed by atoms with Gasteiger partial charge in [0.05, 0.1) is 11.4 Å². The van der Waals surface area contributed by atoms with Gasteiger partial charge in [0, 0.05) is 12.6 Å². The number of nitrogens with zero attached hydrogens (tertiary/aromatic N) is 3.